The van der Waals surface area contributed by atoms with Gasteiger partial charge < -0.3 is 9.47 Å². The van der Waals surface area contributed by atoms with Crippen molar-refractivity contribution in [2.45, 2.75) is 12.0 Å². The maximum atomic E-state index is 12.4. The minimum atomic E-state index is -0.839. The van der Waals surface area contributed by atoms with Crippen LogP contribution in [0.15, 0.2) is 115 Å². The first kappa shape index (κ1) is 23.9. The Morgan fingerprint density at radius 1 is 0.714 bits per heavy atom. The Kier molecular flexibility index (Phi) is 7.65. The second-order valence-corrected chi connectivity index (χ2v) is 7.92. The number of non-ortho nitro benzene ring substituents is 1. The van der Waals surface area contributed by atoms with Gasteiger partial charge in [0.25, 0.3) is 5.69 Å². The largest absolute Gasteiger partial charge is 0.462 e. The summed E-state index contributed by atoms with van der Waals surface area (Å²) in [4.78, 5) is 22.8. The summed E-state index contributed by atoms with van der Waals surface area (Å²) in [6, 6.07) is 35.6. The quantitative estimate of drug-likeness (QED) is 0.0919. The first-order valence-corrected chi connectivity index (χ1v) is 11.3. The standard InChI is InChI=1S/C29H25NO5/c31-28(23-12-10-19-27(22-23)30(32)33)34-20-11-21-35-29(24-13-4-1-5-14-24,25-15-6-2-7-16-25)26-17-8-3-9-18-26/h1-10,12-19,22H,11,20-21H2. The molecule has 0 aromatic heterocycles. The molecule has 0 aliphatic carbocycles. The fourth-order valence-corrected chi connectivity index (χ4v) is 4.05. The van der Waals surface area contributed by atoms with Crippen LogP contribution in [0.1, 0.15) is 33.5 Å². The molecule has 176 valence electrons. The number of benzene rings is 4. The normalized spacial score (nSPS) is 11.1. The average molecular weight is 468 g/mol. The molecule has 0 aliphatic rings. The number of nitro benzene ring substituents is 1. The molecule has 0 fully saturated rings. The average Bonchev–Trinajstić information content (AvgIpc) is 2.92. The smallest absolute Gasteiger partial charge is 0.338 e. The summed E-state index contributed by atoms with van der Waals surface area (Å²) in [6.45, 7) is 0.441. The van der Waals surface area contributed by atoms with Crippen molar-refractivity contribution >= 4 is 11.7 Å². The van der Waals surface area contributed by atoms with E-state index >= 15 is 0 Å². The molecule has 0 radical (unpaired) electrons. The Hall–Kier alpha value is -4.29. The summed E-state index contributed by atoms with van der Waals surface area (Å²) in [5, 5.41) is 11.0. The van der Waals surface area contributed by atoms with Crippen molar-refractivity contribution in [3.63, 3.8) is 0 Å². The molecule has 0 bridgehead atoms. The van der Waals surface area contributed by atoms with E-state index in [0.29, 0.717) is 13.0 Å². The lowest BCUT2D eigenvalue weighted by Gasteiger charge is -2.36. The monoisotopic (exact) mass is 467 g/mol. The van der Waals surface area contributed by atoms with Gasteiger partial charge in [-0.2, -0.15) is 0 Å². The van der Waals surface area contributed by atoms with Gasteiger partial charge in [0.05, 0.1) is 23.7 Å². The van der Waals surface area contributed by atoms with Crippen LogP contribution in [-0.4, -0.2) is 24.1 Å². The second-order valence-electron chi connectivity index (χ2n) is 7.92. The molecular weight excluding hydrogens is 442 g/mol. The van der Waals surface area contributed by atoms with E-state index in [0.717, 1.165) is 16.7 Å². The summed E-state index contributed by atoms with van der Waals surface area (Å²) >= 11 is 0. The minimum Gasteiger partial charge on any atom is -0.462 e. The first-order chi connectivity index (χ1) is 17.1. The van der Waals surface area contributed by atoms with Gasteiger partial charge in [0.15, 0.2) is 0 Å². The van der Waals surface area contributed by atoms with Crippen molar-refractivity contribution in [1.82, 2.24) is 0 Å². The molecule has 4 aromatic carbocycles. The lowest BCUT2D eigenvalue weighted by molar-refractivity contribution is -0.384. The van der Waals surface area contributed by atoms with Crippen molar-refractivity contribution in [1.29, 1.82) is 0 Å². The number of esters is 1. The zero-order valence-corrected chi connectivity index (χ0v) is 19.1. The first-order valence-electron chi connectivity index (χ1n) is 11.3. The zero-order valence-electron chi connectivity index (χ0n) is 19.1. The van der Waals surface area contributed by atoms with E-state index in [4.69, 9.17) is 9.47 Å². The van der Waals surface area contributed by atoms with Gasteiger partial charge in [-0.3, -0.25) is 10.1 Å². The Morgan fingerprint density at radius 2 is 1.23 bits per heavy atom. The van der Waals surface area contributed by atoms with Crippen molar-refractivity contribution in [2.75, 3.05) is 13.2 Å². The van der Waals surface area contributed by atoms with Gasteiger partial charge >= 0.3 is 5.97 Å². The van der Waals surface area contributed by atoms with Crippen LogP contribution in [0.3, 0.4) is 0 Å². The summed E-state index contributed by atoms with van der Waals surface area (Å²) < 4.78 is 12.0. The van der Waals surface area contributed by atoms with E-state index in [-0.39, 0.29) is 17.9 Å². The number of nitrogens with zero attached hydrogens (tertiary/aromatic N) is 1. The number of rotatable bonds is 10. The molecule has 0 aliphatic heterocycles. The zero-order chi connectivity index (χ0) is 24.5. The van der Waals surface area contributed by atoms with Gasteiger partial charge in [0, 0.05) is 18.6 Å². The number of hydrogen-bond donors (Lipinski definition) is 0. The Labute approximate surface area is 203 Å². The van der Waals surface area contributed by atoms with Crippen LogP contribution in [0, 0.1) is 10.1 Å². The highest BCUT2D eigenvalue weighted by Crippen LogP contribution is 2.40. The van der Waals surface area contributed by atoms with E-state index in [2.05, 4.69) is 0 Å². The Morgan fingerprint density at radius 3 is 1.71 bits per heavy atom. The maximum absolute atomic E-state index is 12.4. The van der Waals surface area contributed by atoms with Crippen LogP contribution in [0.25, 0.3) is 0 Å². The van der Waals surface area contributed by atoms with E-state index in [1.54, 1.807) is 0 Å². The van der Waals surface area contributed by atoms with Crippen molar-refractivity contribution < 1.29 is 19.2 Å². The third kappa shape index (κ3) is 5.45. The molecule has 4 rings (SSSR count). The summed E-state index contributed by atoms with van der Waals surface area (Å²) in [5.41, 5.74) is 2.13. The minimum absolute atomic E-state index is 0.121. The van der Waals surface area contributed by atoms with Crippen molar-refractivity contribution in [2.24, 2.45) is 0 Å². The molecule has 6 heteroatoms. The second kappa shape index (κ2) is 11.2. The molecule has 35 heavy (non-hydrogen) atoms. The van der Waals surface area contributed by atoms with E-state index in [1.807, 2.05) is 91.0 Å². The van der Waals surface area contributed by atoms with Gasteiger partial charge in [0.2, 0.25) is 0 Å². The third-order valence-corrected chi connectivity index (χ3v) is 5.67. The SMILES string of the molecule is O=C(OCCCOC(c1ccccc1)(c1ccccc1)c1ccccc1)c1cccc([N+](=O)[O-])c1. The van der Waals surface area contributed by atoms with Crippen molar-refractivity contribution in [3.8, 4) is 0 Å². The molecule has 0 unspecified atom stereocenters. The lowest BCUT2D eigenvalue weighted by Crippen LogP contribution is -2.33. The van der Waals surface area contributed by atoms with Gasteiger partial charge in [-0.05, 0) is 22.8 Å². The summed E-state index contributed by atoms with van der Waals surface area (Å²) in [6.07, 6.45) is 0.453. The number of ether oxygens (including phenoxy) is 2. The molecule has 0 amide bonds. The molecule has 6 nitrogen and oxygen atoms in total. The summed E-state index contributed by atoms with van der Waals surface area (Å²) in [7, 11) is 0. The van der Waals surface area contributed by atoms with E-state index in [1.165, 1.54) is 24.3 Å². The predicted octanol–water partition coefficient (Wildman–Crippen LogP) is 6.15. The third-order valence-electron chi connectivity index (χ3n) is 5.67. The molecule has 4 aromatic rings. The molecule has 0 N–H and O–H groups in total. The summed E-state index contributed by atoms with van der Waals surface area (Å²) in [5.74, 6) is -0.603. The van der Waals surface area contributed by atoms with Crippen molar-refractivity contribution in [3.05, 3.63) is 148 Å². The van der Waals surface area contributed by atoms with E-state index < -0.39 is 16.5 Å². The molecule has 0 saturated carbocycles. The van der Waals surface area contributed by atoms with Crippen LogP contribution < -0.4 is 0 Å². The lowest BCUT2D eigenvalue weighted by atomic mass is 9.80. The highest BCUT2D eigenvalue weighted by Gasteiger charge is 2.37. The van der Waals surface area contributed by atoms with E-state index in [9.17, 15) is 14.9 Å². The predicted molar refractivity (Wildman–Crippen MR) is 133 cm³/mol. The van der Waals surface area contributed by atoms with Gasteiger partial charge in [-0.15, -0.1) is 0 Å². The molecule has 0 atom stereocenters. The fraction of sp³-hybridized carbons (Fsp3) is 0.138. The van der Waals surface area contributed by atoms with Crippen LogP contribution in [0.4, 0.5) is 5.69 Å². The van der Waals surface area contributed by atoms with Gasteiger partial charge in [-0.25, -0.2) is 4.79 Å². The van der Waals surface area contributed by atoms with Gasteiger partial charge in [-0.1, -0.05) is 97.1 Å². The van der Waals surface area contributed by atoms with Gasteiger partial charge in [0.1, 0.15) is 5.60 Å². The number of nitro groups is 1. The topological polar surface area (TPSA) is 78.7 Å². The van der Waals surface area contributed by atoms with Crippen LogP contribution in [-0.2, 0) is 15.1 Å². The number of carbonyl (C=O) groups is 1. The fourth-order valence-electron chi connectivity index (χ4n) is 4.05. The Balaban J connectivity index is 1.51. The maximum Gasteiger partial charge on any atom is 0.338 e. The van der Waals surface area contributed by atoms with Crippen LogP contribution >= 0.6 is 0 Å². The van der Waals surface area contributed by atoms with Crippen LogP contribution in [0.2, 0.25) is 0 Å². The highest BCUT2D eigenvalue weighted by atomic mass is 16.6. The molecule has 0 spiro atoms. The number of hydrogen-bond acceptors (Lipinski definition) is 5. The molecule has 0 saturated heterocycles. The molecular formula is C29H25NO5. The number of carbonyl (C=O) groups excluding carboxylic acids is 1. The molecule has 0 heterocycles. The highest BCUT2D eigenvalue weighted by molar-refractivity contribution is 5.90. The van der Waals surface area contributed by atoms with Crippen LogP contribution in [0.5, 0.6) is 0 Å². The Bertz CT molecular complexity index is 1160.